The van der Waals surface area contributed by atoms with Gasteiger partial charge in [-0.2, -0.15) is 10.2 Å². The van der Waals surface area contributed by atoms with Crippen LogP contribution in [0.3, 0.4) is 0 Å². The second-order valence-corrected chi connectivity index (χ2v) is 5.50. The van der Waals surface area contributed by atoms with Gasteiger partial charge in [0.15, 0.2) is 0 Å². The molecule has 2 rings (SSSR count). The Bertz CT molecular complexity index is 631. The first-order valence-corrected chi connectivity index (χ1v) is 7.37. The Labute approximate surface area is 129 Å². The Morgan fingerprint density at radius 2 is 2.00 bits per heavy atom. The van der Waals surface area contributed by atoms with E-state index in [1.807, 2.05) is 32.9 Å². The van der Waals surface area contributed by atoms with Crippen molar-refractivity contribution in [2.75, 3.05) is 6.54 Å². The SMILES string of the molecule is CCNC(Cc1ccc(Cl)c(F)c1)c1cc(C)nnc1C. The molecule has 1 aromatic heterocycles. The smallest absolute Gasteiger partial charge is 0.142 e. The minimum atomic E-state index is -0.384. The summed E-state index contributed by atoms with van der Waals surface area (Å²) < 4.78 is 13.6. The van der Waals surface area contributed by atoms with Crippen LogP contribution in [-0.4, -0.2) is 16.7 Å². The number of benzene rings is 1. The first-order valence-electron chi connectivity index (χ1n) is 6.99. The van der Waals surface area contributed by atoms with Gasteiger partial charge in [0.25, 0.3) is 0 Å². The lowest BCUT2D eigenvalue weighted by molar-refractivity contribution is 0.539. The molecule has 0 saturated carbocycles. The molecule has 5 heteroatoms. The van der Waals surface area contributed by atoms with E-state index in [0.717, 1.165) is 29.1 Å². The number of hydrogen-bond donors (Lipinski definition) is 1. The Balaban J connectivity index is 2.30. The summed E-state index contributed by atoms with van der Waals surface area (Å²) in [6, 6.07) is 7.04. The van der Waals surface area contributed by atoms with E-state index in [2.05, 4.69) is 15.5 Å². The molecule has 1 atom stereocenters. The quantitative estimate of drug-likeness (QED) is 0.913. The molecule has 0 aliphatic heterocycles. The fraction of sp³-hybridized carbons (Fsp3) is 0.375. The van der Waals surface area contributed by atoms with E-state index in [1.165, 1.54) is 6.07 Å². The van der Waals surface area contributed by atoms with Crippen LogP contribution in [-0.2, 0) is 6.42 Å². The van der Waals surface area contributed by atoms with Gasteiger partial charge in [-0.15, -0.1) is 0 Å². The summed E-state index contributed by atoms with van der Waals surface area (Å²) in [6.45, 7) is 6.73. The highest BCUT2D eigenvalue weighted by atomic mass is 35.5. The number of nitrogens with one attached hydrogen (secondary N) is 1. The number of aryl methyl sites for hydroxylation is 2. The number of likely N-dealkylation sites (N-methyl/N-ethyl adjacent to an activating group) is 1. The van der Waals surface area contributed by atoms with E-state index in [-0.39, 0.29) is 16.9 Å². The molecule has 112 valence electrons. The molecule has 0 radical (unpaired) electrons. The highest BCUT2D eigenvalue weighted by Gasteiger charge is 2.16. The van der Waals surface area contributed by atoms with Crippen molar-refractivity contribution < 1.29 is 4.39 Å². The van der Waals surface area contributed by atoms with Crippen LogP contribution < -0.4 is 5.32 Å². The van der Waals surface area contributed by atoms with Gasteiger partial charge < -0.3 is 5.32 Å². The number of halogens is 2. The van der Waals surface area contributed by atoms with Gasteiger partial charge in [0.1, 0.15) is 5.82 Å². The number of nitrogens with zero attached hydrogens (tertiary/aromatic N) is 2. The Hall–Kier alpha value is -1.52. The topological polar surface area (TPSA) is 37.8 Å². The van der Waals surface area contributed by atoms with Crippen LogP contribution in [0.1, 0.15) is 35.5 Å². The van der Waals surface area contributed by atoms with Gasteiger partial charge in [-0.25, -0.2) is 4.39 Å². The molecule has 0 spiro atoms. The van der Waals surface area contributed by atoms with Crippen molar-refractivity contribution in [1.82, 2.24) is 15.5 Å². The fourth-order valence-electron chi connectivity index (χ4n) is 2.36. The second-order valence-electron chi connectivity index (χ2n) is 5.09. The third-order valence-electron chi connectivity index (χ3n) is 3.39. The molecule has 0 saturated heterocycles. The van der Waals surface area contributed by atoms with Crippen molar-refractivity contribution >= 4 is 11.6 Å². The van der Waals surface area contributed by atoms with Crippen LogP contribution in [0.2, 0.25) is 5.02 Å². The highest BCUT2D eigenvalue weighted by molar-refractivity contribution is 6.30. The number of aromatic nitrogens is 2. The van der Waals surface area contributed by atoms with E-state index in [1.54, 1.807) is 6.07 Å². The molecule has 0 aliphatic rings. The summed E-state index contributed by atoms with van der Waals surface area (Å²) >= 11 is 5.73. The average molecular weight is 308 g/mol. The predicted molar refractivity (Wildman–Crippen MR) is 83.0 cm³/mol. The van der Waals surface area contributed by atoms with Crippen LogP contribution in [0.25, 0.3) is 0 Å². The minimum Gasteiger partial charge on any atom is -0.310 e. The second kappa shape index (κ2) is 6.96. The first-order chi connectivity index (χ1) is 10.0. The van der Waals surface area contributed by atoms with Gasteiger partial charge in [-0.3, -0.25) is 0 Å². The minimum absolute atomic E-state index is 0.0739. The zero-order valence-electron chi connectivity index (χ0n) is 12.5. The van der Waals surface area contributed by atoms with Gasteiger partial charge in [-0.05, 0) is 56.1 Å². The van der Waals surface area contributed by atoms with E-state index in [0.29, 0.717) is 6.42 Å². The molecule has 2 aromatic rings. The van der Waals surface area contributed by atoms with E-state index < -0.39 is 0 Å². The third kappa shape index (κ3) is 3.99. The predicted octanol–water partition coefficient (Wildman–Crippen LogP) is 3.78. The Kier molecular flexibility index (Phi) is 5.26. The summed E-state index contributed by atoms with van der Waals surface area (Å²) in [6.07, 6.45) is 0.675. The normalized spacial score (nSPS) is 12.4. The molecule has 0 fully saturated rings. The maximum Gasteiger partial charge on any atom is 0.142 e. The summed E-state index contributed by atoms with van der Waals surface area (Å²) in [5, 5.41) is 11.8. The lowest BCUT2D eigenvalue weighted by Gasteiger charge is -2.20. The Morgan fingerprint density at radius 3 is 2.67 bits per heavy atom. The molecular formula is C16H19ClFN3. The largest absolute Gasteiger partial charge is 0.310 e. The number of rotatable bonds is 5. The van der Waals surface area contributed by atoms with Crippen LogP contribution in [0.4, 0.5) is 4.39 Å². The van der Waals surface area contributed by atoms with Gasteiger partial charge in [-0.1, -0.05) is 24.6 Å². The van der Waals surface area contributed by atoms with Crippen LogP contribution in [0, 0.1) is 19.7 Å². The van der Waals surface area contributed by atoms with Crippen molar-refractivity contribution in [1.29, 1.82) is 0 Å². The summed E-state index contributed by atoms with van der Waals surface area (Å²) in [5.74, 6) is -0.384. The standard InChI is InChI=1S/C16H19ClFN3/c1-4-19-16(13-7-10(2)20-21-11(13)3)9-12-5-6-14(17)15(18)8-12/h5-8,16,19H,4,9H2,1-3H3. The maximum absolute atomic E-state index is 13.6. The zero-order valence-corrected chi connectivity index (χ0v) is 13.2. The molecule has 1 N–H and O–H groups in total. The lowest BCUT2D eigenvalue weighted by Crippen LogP contribution is -2.24. The third-order valence-corrected chi connectivity index (χ3v) is 3.70. The molecule has 0 amide bonds. The summed E-state index contributed by atoms with van der Waals surface area (Å²) in [7, 11) is 0. The fourth-order valence-corrected chi connectivity index (χ4v) is 2.48. The molecule has 0 bridgehead atoms. The number of hydrogen-bond acceptors (Lipinski definition) is 3. The molecule has 1 aromatic carbocycles. The van der Waals surface area contributed by atoms with Crippen molar-refractivity contribution in [3.05, 3.63) is 57.6 Å². The van der Waals surface area contributed by atoms with E-state index in [4.69, 9.17) is 11.6 Å². The molecule has 0 aliphatic carbocycles. The summed E-state index contributed by atoms with van der Waals surface area (Å²) in [5.41, 5.74) is 3.76. The maximum atomic E-state index is 13.6. The molecule has 3 nitrogen and oxygen atoms in total. The molecule has 1 heterocycles. The summed E-state index contributed by atoms with van der Waals surface area (Å²) in [4.78, 5) is 0. The van der Waals surface area contributed by atoms with Crippen molar-refractivity contribution in [2.45, 2.75) is 33.2 Å². The van der Waals surface area contributed by atoms with Gasteiger partial charge >= 0.3 is 0 Å². The first kappa shape index (κ1) is 15.9. The van der Waals surface area contributed by atoms with Crippen LogP contribution in [0.5, 0.6) is 0 Å². The van der Waals surface area contributed by atoms with Gasteiger partial charge in [0.2, 0.25) is 0 Å². The molecular weight excluding hydrogens is 289 g/mol. The van der Waals surface area contributed by atoms with Crippen molar-refractivity contribution in [3.8, 4) is 0 Å². The van der Waals surface area contributed by atoms with E-state index in [9.17, 15) is 4.39 Å². The van der Waals surface area contributed by atoms with E-state index >= 15 is 0 Å². The average Bonchev–Trinajstić information content (AvgIpc) is 2.45. The highest BCUT2D eigenvalue weighted by Crippen LogP contribution is 2.23. The van der Waals surface area contributed by atoms with Crippen molar-refractivity contribution in [3.63, 3.8) is 0 Å². The van der Waals surface area contributed by atoms with Gasteiger partial charge in [0.05, 0.1) is 16.4 Å². The van der Waals surface area contributed by atoms with Crippen LogP contribution in [0.15, 0.2) is 24.3 Å². The van der Waals surface area contributed by atoms with Crippen molar-refractivity contribution in [2.24, 2.45) is 0 Å². The Morgan fingerprint density at radius 1 is 1.24 bits per heavy atom. The zero-order chi connectivity index (χ0) is 15.4. The molecule has 21 heavy (non-hydrogen) atoms. The van der Waals surface area contributed by atoms with Crippen LogP contribution >= 0.6 is 11.6 Å². The van der Waals surface area contributed by atoms with Gasteiger partial charge in [0, 0.05) is 6.04 Å². The molecule has 1 unspecified atom stereocenters. The monoisotopic (exact) mass is 307 g/mol. The lowest BCUT2D eigenvalue weighted by atomic mass is 9.97.